The quantitative estimate of drug-likeness (QED) is 0.713. The summed E-state index contributed by atoms with van der Waals surface area (Å²) in [6.45, 7) is 2.22. The Hall–Kier alpha value is -0.500. The van der Waals surface area contributed by atoms with Gasteiger partial charge in [0, 0.05) is 5.25 Å². The van der Waals surface area contributed by atoms with Gasteiger partial charge in [0.15, 0.2) is 0 Å². The molecule has 1 unspecified atom stereocenters. The summed E-state index contributed by atoms with van der Waals surface area (Å²) in [5.74, 6) is -0.151. The van der Waals surface area contributed by atoms with Crippen LogP contribution < -0.4 is 0 Å². The van der Waals surface area contributed by atoms with Crippen LogP contribution >= 0.6 is 11.8 Å². The summed E-state index contributed by atoms with van der Waals surface area (Å²) in [5, 5.41) is 0.685. The molecule has 0 N–H and O–H groups in total. The van der Waals surface area contributed by atoms with Gasteiger partial charge in [-0.2, -0.15) is 11.8 Å². The molecule has 1 atom stereocenters. The van der Waals surface area contributed by atoms with Crippen LogP contribution in [-0.2, 0) is 6.42 Å². The van der Waals surface area contributed by atoms with Gasteiger partial charge in [0.25, 0.3) is 0 Å². The molecule has 0 aliphatic rings. The molecule has 0 radical (unpaired) electrons. The third kappa shape index (κ3) is 3.81. The van der Waals surface area contributed by atoms with Crippen molar-refractivity contribution >= 4 is 11.8 Å². The van der Waals surface area contributed by atoms with Gasteiger partial charge in [0.2, 0.25) is 0 Å². The second-order valence-corrected chi connectivity index (χ2v) is 4.49. The molecular weight excluding hydrogens is 183 g/mol. The molecule has 0 aromatic heterocycles. The lowest BCUT2D eigenvalue weighted by Gasteiger charge is -2.07. The normalized spacial score (nSPS) is 12.8. The average molecular weight is 198 g/mol. The highest BCUT2D eigenvalue weighted by Crippen LogP contribution is 2.13. The first-order valence-corrected chi connectivity index (χ1v) is 5.78. The molecule has 1 aromatic carbocycles. The zero-order valence-corrected chi connectivity index (χ0v) is 8.90. The van der Waals surface area contributed by atoms with E-state index < -0.39 is 0 Å². The summed E-state index contributed by atoms with van der Waals surface area (Å²) in [5.41, 5.74) is 1.22. The van der Waals surface area contributed by atoms with E-state index in [0.29, 0.717) is 5.25 Å². The van der Waals surface area contributed by atoms with Crippen molar-refractivity contribution in [2.75, 3.05) is 6.26 Å². The monoisotopic (exact) mass is 198 g/mol. The first-order chi connectivity index (χ1) is 6.22. The van der Waals surface area contributed by atoms with Crippen LogP contribution in [0.25, 0.3) is 0 Å². The van der Waals surface area contributed by atoms with Gasteiger partial charge in [0.05, 0.1) is 0 Å². The Labute approximate surface area is 83.5 Å². The van der Waals surface area contributed by atoms with E-state index in [1.165, 1.54) is 17.7 Å². The number of rotatable bonds is 4. The fourth-order valence-electron chi connectivity index (χ4n) is 1.14. The van der Waals surface area contributed by atoms with Gasteiger partial charge in [-0.15, -0.1) is 0 Å². The standard InChI is InChI=1S/C11H15FS/c1-9(13-2)3-4-10-5-7-11(12)8-6-10/h5-9H,3-4H2,1-2H3. The van der Waals surface area contributed by atoms with Crippen LogP contribution in [0.3, 0.4) is 0 Å². The van der Waals surface area contributed by atoms with Crippen LogP contribution in [0.15, 0.2) is 24.3 Å². The molecule has 1 rings (SSSR count). The van der Waals surface area contributed by atoms with Crippen LogP contribution in [-0.4, -0.2) is 11.5 Å². The van der Waals surface area contributed by atoms with Gasteiger partial charge in [-0.1, -0.05) is 19.1 Å². The molecule has 0 saturated carbocycles. The third-order valence-corrected chi connectivity index (χ3v) is 3.20. The molecule has 0 aliphatic carbocycles. The Morgan fingerprint density at radius 2 is 1.92 bits per heavy atom. The molecule has 0 bridgehead atoms. The summed E-state index contributed by atoms with van der Waals surface area (Å²) < 4.78 is 12.5. The number of benzene rings is 1. The minimum atomic E-state index is -0.151. The predicted molar refractivity (Wildman–Crippen MR) is 57.7 cm³/mol. The minimum Gasteiger partial charge on any atom is -0.207 e. The van der Waals surface area contributed by atoms with Crippen LogP contribution in [0, 0.1) is 5.82 Å². The number of aryl methyl sites for hydroxylation is 1. The molecule has 0 aliphatic heterocycles. The van der Waals surface area contributed by atoms with Crippen molar-refractivity contribution in [2.45, 2.75) is 25.0 Å². The number of hydrogen-bond donors (Lipinski definition) is 0. The maximum Gasteiger partial charge on any atom is 0.123 e. The Kier molecular flexibility index (Phi) is 4.29. The second kappa shape index (κ2) is 5.28. The van der Waals surface area contributed by atoms with Crippen molar-refractivity contribution in [3.8, 4) is 0 Å². The molecule has 0 amide bonds. The van der Waals surface area contributed by atoms with Crippen molar-refractivity contribution in [3.05, 3.63) is 35.6 Å². The first-order valence-electron chi connectivity index (χ1n) is 4.49. The highest BCUT2D eigenvalue weighted by molar-refractivity contribution is 7.99. The van der Waals surface area contributed by atoms with Crippen molar-refractivity contribution in [1.29, 1.82) is 0 Å². The zero-order valence-electron chi connectivity index (χ0n) is 8.09. The zero-order chi connectivity index (χ0) is 9.68. The van der Waals surface area contributed by atoms with Crippen molar-refractivity contribution in [2.24, 2.45) is 0 Å². The molecule has 0 nitrogen and oxygen atoms in total. The lowest BCUT2D eigenvalue weighted by molar-refractivity contribution is 0.626. The van der Waals surface area contributed by atoms with Crippen molar-refractivity contribution < 1.29 is 4.39 Å². The molecule has 0 saturated heterocycles. The van der Waals surface area contributed by atoms with Crippen molar-refractivity contribution in [3.63, 3.8) is 0 Å². The molecule has 2 heteroatoms. The number of thioether (sulfide) groups is 1. The summed E-state index contributed by atoms with van der Waals surface area (Å²) >= 11 is 1.87. The summed E-state index contributed by atoms with van der Waals surface area (Å²) in [7, 11) is 0. The van der Waals surface area contributed by atoms with Gasteiger partial charge >= 0.3 is 0 Å². The van der Waals surface area contributed by atoms with Gasteiger partial charge in [0.1, 0.15) is 5.82 Å². The molecule has 1 aromatic rings. The summed E-state index contributed by atoms with van der Waals surface area (Å²) in [6, 6.07) is 6.78. The molecule has 0 heterocycles. The molecule has 13 heavy (non-hydrogen) atoms. The Balaban J connectivity index is 2.41. The van der Waals surface area contributed by atoms with Gasteiger partial charge < -0.3 is 0 Å². The fraction of sp³-hybridized carbons (Fsp3) is 0.455. The van der Waals surface area contributed by atoms with E-state index in [9.17, 15) is 4.39 Å². The molecule has 72 valence electrons. The lowest BCUT2D eigenvalue weighted by atomic mass is 10.1. The molecule has 0 spiro atoms. The second-order valence-electron chi connectivity index (χ2n) is 3.21. The number of hydrogen-bond acceptors (Lipinski definition) is 1. The third-order valence-electron chi connectivity index (χ3n) is 2.16. The Morgan fingerprint density at radius 1 is 1.31 bits per heavy atom. The van der Waals surface area contributed by atoms with Gasteiger partial charge in [-0.25, -0.2) is 4.39 Å². The minimum absolute atomic E-state index is 0.151. The maximum atomic E-state index is 12.5. The van der Waals surface area contributed by atoms with Crippen LogP contribution in [0.5, 0.6) is 0 Å². The van der Waals surface area contributed by atoms with Crippen LogP contribution in [0.2, 0.25) is 0 Å². The summed E-state index contributed by atoms with van der Waals surface area (Å²) in [4.78, 5) is 0. The Morgan fingerprint density at radius 3 is 2.46 bits per heavy atom. The SMILES string of the molecule is CSC(C)CCc1ccc(F)cc1. The fourth-order valence-corrected chi connectivity index (χ4v) is 1.49. The summed E-state index contributed by atoms with van der Waals surface area (Å²) in [6.07, 6.45) is 4.32. The smallest absolute Gasteiger partial charge is 0.123 e. The highest BCUT2D eigenvalue weighted by atomic mass is 32.2. The first kappa shape index (κ1) is 10.6. The highest BCUT2D eigenvalue weighted by Gasteiger charge is 2.00. The largest absolute Gasteiger partial charge is 0.207 e. The maximum absolute atomic E-state index is 12.5. The topological polar surface area (TPSA) is 0 Å². The van der Waals surface area contributed by atoms with E-state index in [4.69, 9.17) is 0 Å². The van der Waals surface area contributed by atoms with Crippen molar-refractivity contribution in [1.82, 2.24) is 0 Å². The lowest BCUT2D eigenvalue weighted by Crippen LogP contribution is -1.97. The van der Waals surface area contributed by atoms with E-state index >= 15 is 0 Å². The van der Waals surface area contributed by atoms with E-state index in [1.54, 1.807) is 0 Å². The Bertz CT molecular complexity index is 243. The molecular formula is C11H15FS. The predicted octanol–water partition coefficient (Wildman–Crippen LogP) is 3.51. The number of halogens is 1. The molecule has 0 fully saturated rings. The van der Waals surface area contributed by atoms with E-state index in [0.717, 1.165) is 12.8 Å². The van der Waals surface area contributed by atoms with E-state index in [2.05, 4.69) is 13.2 Å². The van der Waals surface area contributed by atoms with Gasteiger partial charge in [-0.3, -0.25) is 0 Å². The van der Waals surface area contributed by atoms with Gasteiger partial charge in [-0.05, 0) is 36.8 Å². The average Bonchev–Trinajstić information content (AvgIpc) is 2.16. The van der Waals surface area contributed by atoms with E-state index in [-0.39, 0.29) is 5.82 Å². The van der Waals surface area contributed by atoms with E-state index in [1.807, 2.05) is 23.9 Å². The van der Waals surface area contributed by atoms with Crippen LogP contribution in [0.1, 0.15) is 18.9 Å². The van der Waals surface area contributed by atoms with Crippen LogP contribution in [0.4, 0.5) is 4.39 Å².